The highest BCUT2D eigenvalue weighted by atomic mass is 16.5. The number of nitrogens with one attached hydrogen (secondary N) is 1. The summed E-state index contributed by atoms with van der Waals surface area (Å²) in [5, 5.41) is 2.76. The van der Waals surface area contributed by atoms with Crippen LogP contribution in [0.15, 0.2) is 0 Å². The molecule has 1 fully saturated rings. The minimum atomic E-state index is -0.442. The smallest absolute Gasteiger partial charge is 0.245 e. The van der Waals surface area contributed by atoms with E-state index in [1.54, 1.807) is 11.8 Å². The molecule has 5 nitrogen and oxygen atoms in total. The summed E-state index contributed by atoms with van der Waals surface area (Å²) in [6.45, 7) is 8.30. The van der Waals surface area contributed by atoms with E-state index < -0.39 is 6.04 Å². The van der Waals surface area contributed by atoms with Gasteiger partial charge in [-0.2, -0.15) is 0 Å². The van der Waals surface area contributed by atoms with Gasteiger partial charge in [-0.25, -0.2) is 0 Å². The highest BCUT2D eigenvalue weighted by Crippen LogP contribution is 2.04. The third-order valence-corrected chi connectivity index (χ3v) is 3.02. The summed E-state index contributed by atoms with van der Waals surface area (Å²) in [6.07, 6.45) is 1.34. The number of amides is 2. The zero-order valence-electron chi connectivity index (χ0n) is 11.6. The van der Waals surface area contributed by atoms with Gasteiger partial charge in [0.1, 0.15) is 6.04 Å². The number of ether oxygens (including phenoxy) is 1. The molecule has 0 aromatic carbocycles. The predicted octanol–water partition coefficient (Wildman–Crippen LogP) is 0.786. The first kappa shape index (κ1) is 15.0. The second-order valence-electron chi connectivity index (χ2n) is 5.16. The van der Waals surface area contributed by atoms with Crippen molar-refractivity contribution in [2.75, 3.05) is 26.3 Å². The van der Waals surface area contributed by atoms with Crippen molar-refractivity contribution >= 4 is 11.8 Å². The van der Waals surface area contributed by atoms with Gasteiger partial charge in [-0.15, -0.1) is 0 Å². The maximum atomic E-state index is 12.0. The fraction of sp³-hybridized carbons (Fsp3) is 0.846. The molecule has 1 rings (SSSR count). The molecule has 0 saturated carbocycles. The number of carbonyl (C=O) groups excluding carboxylic acids is 2. The zero-order valence-corrected chi connectivity index (χ0v) is 11.6. The van der Waals surface area contributed by atoms with Gasteiger partial charge in [0.2, 0.25) is 11.8 Å². The Morgan fingerprint density at radius 3 is 2.39 bits per heavy atom. The van der Waals surface area contributed by atoms with E-state index >= 15 is 0 Å². The maximum absolute atomic E-state index is 12.0. The lowest BCUT2D eigenvalue weighted by molar-refractivity contribution is -0.139. The third-order valence-electron chi connectivity index (χ3n) is 3.02. The summed E-state index contributed by atoms with van der Waals surface area (Å²) in [5.74, 6) is 0.440. The lowest BCUT2D eigenvalue weighted by atomic mass is 10.1. The van der Waals surface area contributed by atoms with Gasteiger partial charge in [0.25, 0.3) is 0 Å². The largest absolute Gasteiger partial charge is 0.378 e. The Balaban J connectivity index is 2.32. The first-order valence-corrected chi connectivity index (χ1v) is 6.66. The van der Waals surface area contributed by atoms with Crippen molar-refractivity contribution < 1.29 is 14.3 Å². The molecule has 2 amide bonds. The summed E-state index contributed by atoms with van der Waals surface area (Å²) in [4.78, 5) is 25.4. The van der Waals surface area contributed by atoms with Crippen LogP contribution in [0.4, 0.5) is 0 Å². The fourth-order valence-electron chi connectivity index (χ4n) is 1.85. The van der Waals surface area contributed by atoms with E-state index in [0.717, 1.165) is 6.42 Å². The first-order chi connectivity index (χ1) is 8.50. The van der Waals surface area contributed by atoms with Crippen molar-refractivity contribution in [2.24, 2.45) is 5.92 Å². The highest BCUT2D eigenvalue weighted by molar-refractivity contribution is 5.87. The minimum Gasteiger partial charge on any atom is -0.378 e. The molecule has 1 heterocycles. The standard InChI is InChI=1S/C13H24N2O3/c1-10(2)4-5-12(16)14-11(3)13(17)15-6-8-18-9-7-15/h10-11H,4-9H2,1-3H3,(H,14,16). The molecule has 0 aromatic heterocycles. The van der Waals surface area contributed by atoms with Gasteiger partial charge in [0.15, 0.2) is 0 Å². The van der Waals surface area contributed by atoms with Crippen LogP contribution >= 0.6 is 0 Å². The lowest BCUT2D eigenvalue weighted by Gasteiger charge is -2.29. The highest BCUT2D eigenvalue weighted by Gasteiger charge is 2.23. The summed E-state index contributed by atoms with van der Waals surface area (Å²) in [7, 11) is 0. The molecule has 18 heavy (non-hydrogen) atoms. The first-order valence-electron chi connectivity index (χ1n) is 6.66. The lowest BCUT2D eigenvalue weighted by Crippen LogP contribution is -2.50. The SMILES string of the molecule is CC(C)CCC(=O)NC(C)C(=O)N1CCOCC1. The summed E-state index contributed by atoms with van der Waals surface area (Å²) in [5.41, 5.74) is 0. The summed E-state index contributed by atoms with van der Waals surface area (Å²) >= 11 is 0. The molecule has 1 unspecified atom stereocenters. The molecular formula is C13H24N2O3. The van der Waals surface area contributed by atoms with E-state index in [0.29, 0.717) is 38.6 Å². The average molecular weight is 256 g/mol. The molecule has 1 N–H and O–H groups in total. The van der Waals surface area contributed by atoms with Gasteiger partial charge in [-0.05, 0) is 19.3 Å². The van der Waals surface area contributed by atoms with Gasteiger partial charge in [0.05, 0.1) is 13.2 Å². The van der Waals surface area contributed by atoms with Crippen molar-refractivity contribution in [3.05, 3.63) is 0 Å². The number of morpholine rings is 1. The van der Waals surface area contributed by atoms with Crippen LogP contribution in [0.3, 0.4) is 0 Å². The number of hydrogen-bond acceptors (Lipinski definition) is 3. The normalized spacial score (nSPS) is 17.7. The van der Waals surface area contributed by atoms with Crippen molar-refractivity contribution in [1.82, 2.24) is 10.2 Å². The van der Waals surface area contributed by atoms with Crippen LogP contribution in [-0.2, 0) is 14.3 Å². The molecule has 0 spiro atoms. The fourth-order valence-corrected chi connectivity index (χ4v) is 1.85. The van der Waals surface area contributed by atoms with Gasteiger partial charge in [0, 0.05) is 19.5 Å². The Labute approximate surface area is 109 Å². The van der Waals surface area contributed by atoms with Crippen LogP contribution in [0.5, 0.6) is 0 Å². The number of hydrogen-bond donors (Lipinski definition) is 1. The van der Waals surface area contributed by atoms with Crippen LogP contribution in [0.2, 0.25) is 0 Å². The van der Waals surface area contributed by atoms with Gasteiger partial charge in [-0.3, -0.25) is 9.59 Å². The molecule has 0 aliphatic carbocycles. The number of carbonyl (C=O) groups is 2. The summed E-state index contributed by atoms with van der Waals surface area (Å²) in [6, 6.07) is -0.442. The molecule has 0 aromatic rings. The molecule has 104 valence electrons. The Morgan fingerprint density at radius 1 is 1.22 bits per heavy atom. The molecule has 0 radical (unpaired) electrons. The minimum absolute atomic E-state index is 0.0174. The average Bonchev–Trinajstić information content (AvgIpc) is 2.36. The van der Waals surface area contributed by atoms with Crippen LogP contribution in [0.25, 0.3) is 0 Å². The predicted molar refractivity (Wildman–Crippen MR) is 69.1 cm³/mol. The van der Waals surface area contributed by atoms with Crippen LogP contribution in [0.1, 0.15) is 33.6 Å². The topological polar surface area (TPSA) is 58.6 Å². The van der Waals surface area contributed by atoms with Crippen molar-refractivity contribution in [3.63, 3.8) is 0 Å². The van der Waals surface area contributed by atoms with E-state index in [4.69, 9.17) is 4.74 Å². The molecule has 0 bridgehead atoms. The second kappa shape index (κ2) is 7.36. The van der Waals surface area contributed by atoms with Crippen LogP contribution < -0.4 is 5.32 Å². The molecule has 1 aliphatic heterocycles. The van der Waals surface area contributed by atoms with Crippen molar-refractivity contribution in [3.8, 4) is 0 Å². The molecular weight excluding hydrogens is 232 g/mol. The molecule has 5 heteroatoms. The van der Waals surface area contributed by atoms with Gasteiger partial charge < -0.3 is 15.0 Å². The third kappa shape index (κ3) is 5.04. The van der Waals surface area contributed by atoms with E-state index in [2.05, 4.69) is 19.2 Å². The molecule has 1 aliphatic rings. The Hall–Kier alpha value is -1.10. The van der Waals surface area contributed by atoms with E-state index in [9.17, 15) is 9.59 Å². The number of nitrogens with zero attached hydrogens (tertiary/aromatic N) is 1. The molecule has 1 saturated heterocycles. The summed E-state index contributed by atoms with van der Waals surface area (Å²) < 4.78 is 5.19. The molecule has 1 atom stereocenters. The maximum Gasteiger partial charge on any atom is 0.245 e. The Bertz CT molecular complexity index is 286. The monoisotopic (exact) mass is 256 g/mol. The van der Waals surface area contributed by atoms with Crippen LogP contribution in [-0.4, -0.2) is 49.1 Å². The van der Waals surface area contributed by atoms with Crippen molar-refractivity contribution in [2.45, 2.75) is 39.7 Å². The van der Waals surface area contributed by atoms with E-state index in [1.807, 2.05) is 0 Å². The Morgan fingerprint density at radius 2 is 1.83 bits per heavy atom. The van der Waals surface area contributed by atoms with Gasteiger partial charge in [-0.1, -0.05) is 13.8 Å². The van der Waals surface area contributed by atoms with Crippen molar-refractivity contribution in [1.29, 1.82) is 0 Å². The number of rotatable bonds is 5. The van der Waals surface area contributed by atoms with Gasteiger partial charge >= 0.3 is 0 Å². The van der Waals surface area contributed by atoms with E-state index in [-0.39, 0.29) is 11.8 Å². The van der Waals surface area contributed by atoms with Crippen LogP contribution in [0, 0.1) is 5.92 Å². The van der Waals surface area contributed by atoms with E-state index in [1.165, 1.54) is 0 Å². The second-order valence-corrected chi connectivity index (χ2v) is 5.16. The Kier molecular flexibility index (Phi) is 6.12. The quantitative estimate of drug-likeness (QED) is 0.791. The zero-order chi connectivity index (χ0) is 13.5.